The quantitative estimate of drug-likeness (QED) is 0.500. The van der Waals surface area contributed by atoms with Crippen molar-refractivity contribution in [2.45, 2.75) is 6.54 Å². The molecule has 150 valence electrons. The van der Waals surface area contributed by atoms with Crippen molar-refractivity contribution in [2.75, 3.05) is 6.61 Å². The SMILES string of the molecule is O=C(COc1ccc(-c2nc(-c3ccccc3)no2)cc1)NCc1ccccc1F. The Morgan fingerprint density at radius 2 is 1.67 bits per heavy atom. The molecule has 0 saturated heterocycles. The highest BCUT2D eigenvalue weighted by atomic mass is 19.1. The number of aromatic nitrogens is 2. The highest BCUT2D eigenvalue weighted by Crippen LogP contribution is 2.24. The zero-order valence-electron chi connectivity index (χ0n) is 15.9. The normalized spacial score (nSPS) is 10.6. The largest absolute Gasteiger partial charge is 0.484 e. The van der Waals surface area contributed by atoms with Crippen molar-refractivity contribution in [2.24, 2.45) is 0 Å². The van der Waals surface area contributed by atoms with Gasteiger partial charge in [0, 0.05) is 23.2 Å². The molecule has 0 atom stereocenters. The number of carbonyl (C=O) groups excluding carboxylic acids is 1. The smallest absolute Gasteiger partial charge is 0.258 e. The lowest BCUT2D eigenvalue weighted by Gasteiger charge is -2.08. The summed E-state index contributed by atoms with van der Waals surface area (Å²) in [4.78, 5) is 16.3. The average Bonchev–Trinajstić information content (AvgIpc) is 3.28. The molecule has 7 heteroatoms. The van der Waals surface area contributed by atoms with E-state index in [1.807, 2.05) is 30.3 Å². The summed E-state index contributed by atoms with van der Waals surface area (Å²) in [6.07, 6.45) is 0. The molecule has 3 aromatic carbocycles. The molecule has 0 aliphatic heterocycles. The van der Waals surface area contributed by atoms with Crippen molar-refractivity contribution in [3.05, 3.63) is 90.2 Å². The zero-order chi connectivity index (χ0) is 20.8. The topological polar surface area (TPSA) is 77.2 Å². The van der Waals surface area contributed by atoms with Crippen molar-refractivity contribution in [1.82, 2.24) is 15.5 Å². The summed E-state index contributed by atoms with van der Waals surface area (Å²) >= 11 is 0. The van der Waals surface area contributed by atoms with E-state index >= 15 is 0 Å². The van der Waals surface area contributed by atoms with Gasteiger partial charge in [-0.1, -0.05) is 53.7 Å². The van der Waals surface area contributed by atoms with Crippen LogP contribution >= 0.6 is 0 Å². The minimum Gasteiger partial charge on any atom is -0.484 e. The third kappa shape index (κ3) is 4.70. The van der Waals surface area contributed by atoms with Crippen LogP contribution in [0, 0.1) is 5.82 Å². The molecule has 0 spiro atoms. The molecule has 0 aliphatic rings. The predicted octanol–water partition coefficient (Wildman–Crippen LogP) is 4.24. The molecule has 30 heavy (non-hydrogen) atoms. The number of nitrogens with zero attached hydrogens (tertiary/aromatic N) is 2. The van der Waals surface area contributed by atoms with E-state index in [2.05, 4.69) is 15.5 Å². The van der Waals surface area contributed by atoms with Gasteiger partial charge in [0.2, 0.25) is 5.82 Å². The third-order valence-corrected chi connectivity index (χ3v) is 4.36. The summed E-state index contributed by atoms with van der Waals surface area (Å²) in [6.45, 7) is -0.0682. The number of rotatable bonds is 7. The highest BCUT2D eigenvalue weighted by molar-refractivity contribution is 5.77. The number of halogens is 1. The van der Waals surface area contributed by atoms with Crippen LogP contribution in [0.5, 0.6) is 5.75 Å². The van der Waals surface area contributed by atoms with Gasteiger partial charge in [-0.15, -0.1) is 0 Å². The maximum Gasteiger partial charge on any atom is 0.258 e. The summed E-state index contributed by atoms with van der Waals surface area (Å²) in [5, 5.41) is 6.63. The number of nitrogens with one attached hydrogen (secondary N) is 1. The monoisotopic (exact) mass is 403 g/mol. The first kappa shape index (κ1) is 19.3. The first-order chi connectivity index (χ1) is 14.7. The number of hydrogen-bond donors (Lipinski definition) is 1. The van der Waals surface area contributed by atoms with Crippen LogP contribution in [-0.4, -0.2) is 22.7 Å². The number of hydrogen-bond acceptors (Lipinski definition) is 5. The van der Waals surface area contributed by atoms with Crippen LogP contribution < -0.4 is 10.1 Å². The molecular formula is C23H18FN3O3. The summed E-state index contributed by atoms with van der Waals surface area (Å²) in [7, 11) is 0. The number of ether oxygens (including phenoxy) is 1. The summed E-state index contributed by atoms with van der Waals surface area (Å²) in [6, 6.07) is 22.8. The number of benzene rings is 3. The fraction of sp³-hybridized carbons (Fsp3) is 0.0870. The molecule has 0 bridgehead atoms. The number of carbonyl (C=O) groups is 1. The first-order valence-corrected chi connectivity index (χ1v) is 9.31. The second-order valence-electron chi connectivity index (χ2n) is 6.47. The Labute approximate surface area is 172 Å². The van der Waals surface area contributed by atoms with E-state index in [1.54, 1.807) is 42.5 Å². The van der Waals surface area contributed by atoms with E-state index in [1.165, 1.54) is 6.07 Å². The number of amides is 1. The molecule has 0 saturated carbocycles. The van der Waals surface area contributed by atoms with Gasteiger partial charge in [-0.3, -0.25) is 4.79 Å². The Kier molecular flexibility index (Phi) is 5.80. The average molecular weight is 403 g/mol. The van der Waals surface area contributed by atoms with Gasteiger partial charge in [0.15, 0.2) is 6.61 Å². The Hall–Kier alpha value is -4.00. The molecule has 4 rings (SSSR count). The standard InChI is InChI=1S/C23H18FN3O3/c24-20-9-5-4-8-18(20)14-25-21(28)15-29-19-12-10-17(11-13-19)23-26-22(27-30-23)16-6-2-1-3-7-16/h1-13H,14-15H2,(H,25,28). The van der Waals surface area contributed by atoms with E-state index in [4.69, 9.17) is 9.26 Å². The second kappa shape index (κ2) is 9.00. The molecule has 1 aromatic heterocycles. The third-order valence-electron chi connectivity index (χ3n) is 4.36. The predicted molar refractivity (Wildman–Crippen MR) is 109 cm³/mol. The molecule has 1 heterocycles. The van der Waals surface area contributed by atoms with Gasteiger partial charge < -0.3 is 14.6 Å². The summed E-state index contributed by atoms with van der Waals surface area (Å²) < 4.78 is 24.4. The van der Waals surface area contributed by atoms with Crippen LogP contribution in [0.1, 0.15) is 5.56 Å². The van der Waals surface area contributed by atoms with Gasteiger partial charge in [-0.2, -0.15) is 4.98 Å². The van der Waals surface area contributed by atoms with E-state index in [0.717, 1.165) is 11.1 Å². The lowest BCUT2D eigenvalue weighted by Crippen LogP contribution is -2.28. The van der Waals surface area contributed by atoms with Gasteiger partial charge in [0.1, 0.15) is 11.6 Å². The van der Waals surface area contributed by atoms with Gasteiger partial charge in [0.05, 0.1) is 0 Å². The van der Waals surface area contributed by atoms with Crippen molar-refractivity contribution in [1.29, 1.82) is 0 Å². The molecule has 0 aliphatic carbocycles. The molecule has 0 unspecified atom stereocenters. The Morgan fingerprint density at radius 3 is 2.43 bits per heavy atom. The van der Waals surface area contributed by atoms with Crippen LogP contribution in [0.2, 0.25) is 0 Å². The van der Waals surface area contributed by atoms with Crippen molar-refractivity contribution in [3.8, 4) is 28.6 Å². The maximum absolute atomic E-state index is 13.6. The lowest BCUT2D eigenvalue weighted by molar-refractivity contribution is -0.123. The first-order valence-electron chi connectivity index (χ1n) is 9.31. The van der Waals surface area contributed by atoms with E-state index < -0.39 is 0 Å². The van der Waals surface area contributed by atoms with Gasteiger partial charge in [-0.25, -0.2) is 4.39 Å². The van der Waals surface area contributed by atoms with Gasteiger partial charge in [0.25, 0.3) is 11.8 Å². The lowest BCUT2D eigenvalue weighted by atomic mass is 10.2. The van der Waals surface area contributed by atoms with Crippen molar-refractivity contribution >= 4 is 5.91 Å². The molecule has 0 radical (unpaired) electrons. The van der Waals surface area contributed by atoms with Gasteiger partial charge >= 0.3 is 0 Å². The van der Waals surface area contributed by atoms with E-state index in [-0.39, 0.29) is 24.9 Å². The highest BCUT2D eigenvalue weighted by Gasteiger charge is 2.11. The molecule has 0 fully saturated rings. The van der Waals surface area contributed by atoms with E-state index in [9.17, 15) is 9.18 Å². The fourth-order valence-corrected chi connectivity index (χ4v) is 2.77. The minimum absolute atomic E-state index is 0.106. The minimum atomic E-state index is -0.356. The summed E-state index contributed by atoms with van der Waals surface area (Å²) in [5.74, 6) is 0.723. The molecule has 4 aromatic rings. The molecular weight excluding hydrogens is 385 g/mol. The van der Waals surface area contributed by atoms with Crippen molar-refractivity contribution in [3.63, 3.8) is 0 Å². The van der Waals surface area contributed by atoms with Crippen LogP contribution in [0.15, 0.2) is 83.4 Å². The second-order valence-corrected chi connectivity index (χ2v) is 6.47. The maximum atomic E-state index is 13.6. The Balaban J connectivity index is 1.31. The van der Waals surface area contributed by atoms with E-state index in [0.29, 0.717) is 23.0 Å². The molecule has 6 nitrogen and oxygen atoms in total. The van der Waals surface area contributed by atoms with Crippen LogP contribution in [0.3, 0.4) is 0 Å². The fourth-order valence-electron chi connectivity index (χ4n) is 2.77. The van der Waals surface area contributed by atoms with Crippen LogP contribution in [0.25, 0.3) is 22.8 Å². The molecule has 1 N–H and O–H groups in total. The van der Waals surface area contributed by atoms with Crippen molar-refractivity contribution < 1.29 is 18.4 Å². The van der Waals surface area contributed by atoms with Crippen LogP contribution in [0.4, 0.5) is 4.39 Å². The van der Waals surface area contributed by atoms with Gasteiger partial charge in [-0.05, 0) is 30.3 Å². The molecule has 1 amide bonds. The Morgan fingerprint density at radius 1 is 0.933 bits per heavy atom. The summed E-state index contributed by atoms with van der Waals surface area (Å²) in [5.41, 5.74) is 2.03. The Bertz CT molecular complexity index is 1130. The zero-order valence-corrected chi connectivity index (χ0v) is 15.9. The van der Waals surface area contributed by atoms with Crippen LogP contribution in [-0.2, 0) is 11.3 Å².